The summed E-state index contributed by atoms with van der Waals surface area (Å²) < 4.78 is 0. The lowest BCUT2D eigenvalue weighted by Crippen LogP contribution is -2.19. The van der Waals surface area contributed by atoms with E-state index >= 15 is 0 Å². The number of carboxylic acid groups (broad SMARTS) is 1. The van der Waals surface area contributed by atoms with Gasteiger partial charge in [-0.1, -0.05) is 12.2 Å². The van der Waals surface area contributed by atoms with E-state index in [1.54, 1.807) is 18.5 Å². The lowest BCUT2D eigenvalue weighted by molar-refractivity contribution is -0.140. The molecule has 0 spiro atoms. The van der Waals surface area contributed by atoms with Crippen LogP contribution >= 0.6 is 0 Å². The summed E-state index contributed by atoms with van der Waals surface area (Å²) in [6.45, 7) is 1.92. The molecule has 0 fully saturated rings. The summed E-state index contributed by atoms with van der Waals surface area (Å²) in [5.74, 6) is -0.653. The van der Waals surface area contributed by atoms with E-state index in [1.165, 1.54) is 0 Å². The number of aryl methyl sites for hydroxylation is 1. The number of hydrogen-bond donors (Lipinski definition) is 2. The molecule has 2 N–H and O–H groups in total. The Hall–Kier alpha value is -1.91. The van der Waals surface area contributed by atoms with Crippen LogP contribution in [0.3, 0.4) is 0 Å². The molecule has 0 aromatic carbocycles. The van der Waals surface area contributed by atoms with E-state index in [4.69, 9.17) is 5.11 Å². The number of carbonyl (C=O) groups is 1. The van der Waals surface area contributed by atoms with E-state index in [0.29, 0.717) is 12.4 Å². The molecule has 0 radical (unpaired) electrons. The average molecular weight is 219 g/mol. The first-order valence-corrected chi connectivity index (χ1v) is 5.11. The molecule has 0 saturated carbocycles. The first kappa shape index (κ1) is 10.6. The summed E-state index contributed by atoms with van der Waals surface area (Å²) in [6, 6.07) is 0.00352. The van der Waals surface area contributed by atoms with Gasteiger partial charge in [0.25, 0.3) is 0 Å². The quantitative estimate of drug-likeness (QED) is 0.748. The molecule has 5 heteroatoms. The van der Waals surface area contributed by atoms with Gasteiger partial charge in [0, 0.05) is 18.4 Å². The topological polar surface area (TPSA) is 75.1 Å². The number of hydrogen-bond acceptors (Lipinski definition) is 4. The second kappa shape index (κ2) is 4.30. The lowest BCUT2D eigenvalue weighted by atomic mass is 10.1. The van der Waals surface area contributed by atoms with Gasteiger partial charge in [-0.3, -0.25) is 4.79 Å². The molecule has 0 bridgehead atoms. The van der Waals surface area contributed by atoms with Gasteiger partial charge < -0.3 is 10.4 Å². The molecule has 1 heterocycles. The zero-order valence-electron chi connectivity index (χ0n) is 8.92. The molecule has 0 saturated heterocycles. The maximum atomic E-state index is 10.7. The molecular weight excluding hydrogens is 206 g/mol. The van der Waals surface area contributed by atoms with Crippen molar-refractivity contribution >= 4 is 11.9 Å². The molecule has 2 atom stereocenters. The number of aliphatic carboxylic acids is 1. The largest absolute Gasteiger partial charge is 0.481 e. The average Bonchev–Trinajstić information content (AvgIpc) is 2.70. The molecule has 5 nitrogen and oxygen atoms in total. The summed E-state index contributed by atoms with van der Waals surface area (Å²) in [5.41, 5.74) is 0.996. The van der Waals surface area contributed by atoms with Crippen LogP contribution in [0.1, 0.15) is 12.0 Å². The Morgan fingerprint density at radius 2 is 2.12 bits per heavy atom. The number of nitrogens with one attached hydrogen (secondary N) is 1. The minimum atomic E-state index is -0.787. The predicted molar refractivity (Wildman–Crippen MR) is 59.1 cm³/mol. The molecule has 84 valence electrons. The Bertz CT molecular complexity index is 414. The van der Waals surface area contributed by atoms with Crippen molar-refractivity contribution in [1.29, 1.82) is 0 Å². The van der Waals surface area contributed by atoms with Gasteiger partial charge in [0.1, 0.15) is 0 Å². The highest BCUT2D eigenvalue weighted by Gasteiger charge is 2.24. The van der Waals surface area contributed by atoms with Crippen LogP contribution < -0.4 is 5.32 Å². The Balaban J connectivity index is 1.95. The number of anilines is 1. The summed E-state index contributed by atoms with van der Waals surface area (Å²) in [7, 11) is 0. The van der Waals surface area contributed by atoms with Crippen LogP contribution in [0.5, 0.6) is 0 Å². The van der Waals surface area contributed by atoms with E-state index in [2.05, 4.69) is 15.3 Å². The molecule has 0 aliphatic heterocycles. The van der Waals surface area contributed by atoms with Crippen molar-refractivity contribution in [1.82, 2.24) is 9.97 Å². The van der Waals surface area contributed by atoms with Crippen LogP contribution in [0, 0.1) is 12.8 Å². The molecule has 0 amide bonds. The van der Waals surface area contributed by atoms with Crippen molar-refractivity contribution in [3.05, 3.63) is 30.1 Å². The molecule has 1 aromatic rings. The van der Waals surface area contributed by atoms with Gasteiger partial charge in [0.15, 0.2) is 0 Å². The lowest BCUT2D eigenvalue weighted by Gasteiger charge is -2.11. The van der Waals surface area contributed by atoms with Crippen molar-refractivity contribution in [3.63, 3.8) is 0 Å². The van der Waals surface area contributed by atoms with Gasteiger partial charge in [-0.05, 0) is 18.9 Å². The molecule has 1 aliphatic rings. The second-order valence-corrected chi connectivity index (χ2v) is 3.90. The summed E-state index contributed by atoms with van der Waals surface area (Å²) in [6.07, 6.45) is 7.55. The second-order valence-electron chi connectivity index (χ2n) is 3.90. The fraction of sp³-hybridized carbons (Fsp3) is 0.364. The van der Waals surface area contributed by atoms with Crippen LogP contribution in [-0.2, 0) is 4.79 Å². The van der Waals surface area contributed by atoms with Crippen molar-refractivity contribution in [2.75, 3.05) is 5.32 Å². The molecule has 2 unspecified atom stereocenters. The zero-order valence-corrected chi connectivity index (χ0v) is 8.92. The zero-order chi connectivity index (χ0) is 11.5. The first-order chi connectivity index (χ1) is 7.65. The van der Waals surface area contributed by atoms with Crippen LogP contribution in [0.15, 0.2) is 24.5 Å². The first-order valence-electron chi connectivity index (χ1n) is 5.11. The minimum Gasteiger partial charge on any atom is -0.481 e. The fourth-order valence-electron chi connectivity index (χ4n) is 1.62. The van der Waals surface area contributed by atoms with Crippen LogP contribution in [-0.4, -0.2) is 27.1 Å². The van der Waals surface area contributed by atoms with Crippen molar-refractivity contribution in [3.8, 4) is 0 Å². The van der Waals surface area contributed by atoms with E-state index in [0.717, 1.165) is 5.56 Å². The third-order valence-corrected chi connectivity index (χ3v) is 2.50. The maximum Gasteiger partial charge on any atom is 0.310 e. The smallest absolute Gasteiger partial charge is 0.310 e. The summed E-state index contributed by atoms with van der Waals surface area (Å²) >= 11 is 0. The van der Waals surface area contributed by atoms with Gasteiger partial charge in [-0.2, -0.15) is 0 Å². The van der Waals surface area contributed by atoms with E-state index in [9.17, 15) is 4.79 Å². The standard InChI is InChI=1S/C11H13N3O2/c1-7-5-12-11(13-6-7)14-9-3-2-8(4-9)10(15)16/h2-3,5-6,8-9H,4H2,1H3,(H,15,16)(H,12,13,14). The number of aromatic nitrogens is 2. The Morgan fingerprint density at radius 1 is 1.44 bits per heavy atom. The highest BCUT2D eigenvalue weighted by Crippen LogP contribution is 2.20. The van der Waals surface area contributed by atoms with Gasteiger partial charge in [-0.15, -0.1) is 0 Å². The van der Waals surface area contributed by atoms with Gasteiger partial charge in [-0.25, -0.2) is 9.97 Å². The summed E-state index contributed by atoms with van der Waals surface area (Å²) in [4.78, 5) is 19.0. The maximum absolute atomic E-state index is 10.7. The molecule has 1 aromatic heterocycles. The number of nitrogens with zero attached hydrogens (tertiary/aromatic N) is 2. The normalized spacial score (nSPS) is 23.3. The molecule has 1 aliphatic carbocycles. The highest BCUT2D eigenvalue weighted by molar-refractivity contribution is 5.73. The predicted octanol–water partition coefficient (Wildman–Crippen LogP) is 1.23. The fourth-order valence-corrected chi connectivity index (χ4v) is 1.62. The minimum absolute atomic E-state index is 0.00352. The van der Waals surface area contributed by atoms with Gasteiger partial charge >= 0.3 is 5.97 Å². The summed E-state index contributed by atoms with van der Waals surface area (Å²) in [5, 5.41) is 11.9. The van der Waals surface area contributed by atoms with E-state index in [1.807, 2.05) is 13.0 Å². The molecule has 2 rings (SSSR count). The number of carboxylic acids is 1. The number of rotatable bonds is 3. The Morgan fingerprint density at radius 3 is 2.69 bits per heavy atom. The molecule has 16 heavy (non-hydrogen) atoms. The highest BCUT2D eigenvalue weighted by atomic mass is 16.4. The monoisotopic (exact) mass is 219 g/mol. The Labute approximate surface area is 93.2 Å². The van der Waals surface area contributed by atoms with Crippen molar-refractivity contribution < 1.29 is 9.90 Å². The Kier molecular flexibility index (Phi) is 2.85. The SMILES string of the molecule is Cc1cnc(NC2C=CC(C(=O)O)C2)nc1. The third kappa shape index (κ3) is 2.36. The van der Waals surface area contributed by atoms with Gasteiger partial charge in [0.05, 0.1) is 5.92 Å². The van der Waals surface area contributed by atoms with Crippen molar-refractivity contribution in [2.45, 2.75) is 19.4 Å². The third-order valence-electron chi connectivity index (χ3n) is 2.50. The van der Waals surface area contributed by atoms with Crippen LogP contribution in [0.25, 0.3) is 0 Å². The van der Waals surface area contributed by atoms with Crippen LogP contribution in [0.4, 0.5) is 5.95 Å². The van der Waals surface area contributed by atoms with E-state index in [-0.39, 0.29) is 6.04 Å². The van der Waals surface area contributed by atoms with Crippen LogP contribution in [0.2, 0.25) is 0 Å². The van der Waals surface area contributed by atoms with Gasteiger partial charge in [0.2, 0.25) is 5.95 Å². The van der Waals surface area contributed by atoms with Crippen molar-refractivity contribution in [2.24, 2.45) is 5.92 Å². The van der Waals surface area contributed by atoms with E-state index < -0.39 is 11.9 Å². The molecular formula is C11H13N3O2.